The van der Waals surface area contributed by atoms with Gasteiger partial charge in [0.2, 0.25) is 0 Å². The van der Waals surface area contributed by atoms with Gasteiger partial charge in [-0.2, -0.15) is 0 Å². The molecule has 0 spiro atoms. The number of amides is 2. The lowest BCUT2D eigenvalue weighted by atomic mass is 10.1. The Balaban J connectivity index is 2.46. The molecule has 2 amide bonds. The first-order chi connectivity index (χ1) is 8.50. The van der Waals surface area contributed by atoms with Crippen LogP contribution in [0.15, 0.2) is 12.3 Å². The van der Waals surface area contributed by atoms with Gasteiger partial charge in [0.05, 0.1) is 11.7 Å². The number of ether oxygens (including phenoxy) is 1. The first-order valence-corrected chi connectivity index (χ1v) is 5.68. The maximum absolute atomic E-state index is 12.0. The Morgan fingerprint density at radius 1 is 1.44 bits per heavy atom. The van der Waals surface area contributed by atoms with Crippen LogP contribution in [-0.2, 0) is 0 Å². The van der Waals surface area contributed by atoms with Crippen LogP contribution < -0.4 is 10.5 Å². The largest absolute Gasteiger partial charge is 0.487 e. The Morgan fingerprint density at radius 2 is 2.11 bits per heavy atom. The van der Waals surface area contributed by atoms with Gasteiger partial charge in [-0.3, -0.25) is 9.59 Å². The summed E-state index contributed by atoms with van der Waals surface area (Å²) in [5.74, 6) is -0.735. The molecule has 0 saturated heterocycles. The number of rotatable bonds is 4. The van der Waals surface area contributed by atoms with E-state index in [-0.39, 0.29) is 29.0 Å². The molecule has 6 heteroatoms. The molecule has 18 heavy (non-hydrogen) atoms. The third kappa shape index (κ3) is 2.42. The van der Waals surface area contributed by atoms with E-state index in [9.17, 15) is 9.59 Å². The Labute approximate surface area is 105 Å². The van der Waals surface area contributed by atoms with E-state index in [1.807, 2.05) is 0 Å². The fourth-order valence-electron chi connectivity index (χ4n) is 1.48. The molecule has 1 aromatic heterocycles. The van der Waals surface area contributed by atoms with Crippen molar-refractivity contribution in [2.45, 2.75) is 18.9 Å². The third-order valence-electron chi connectivity index (χ3n) is 2.59. The zero-order valence-electron chi connectivity index (χ0n) is 10.3. The average Bonchev–Trinajstić information content (AvgIpc) is 3.11. The summed E-state index contributed by atoms with van der Waals surface area (Å²) >= 11 is 0. The number of hydrogen-bond donors (Lipinski definition) is 1. The second-order valence-corrected chi connectivity index (χ2v) is 4.42. The summed E-state index contributed by atoms with van der Waals surface area (Å²) in [4.78, 5) is 28.7. The molecule has 0 bridgehead atoms. The van der Waals surface area contributed by atoms with E-state index in [1.54, 1.807) is 14.1 Å². The molecule has 0 aliphatic heterocycles. The zero-order valence-corrected chi connectivity index (χ0v) is 10.3. The van der Waals surface area contributed by atoms with Gasteiger partial charge in [-0.15, -0.1) is 0 Å². The molecule has 1 aliphatic rings. The molecule has 1 heterocycles. The van der Waals surface area contributed by atoms with Crippen molar-refractivity contribution in [3.05, 3.63) is 23.5 Å². The van der Waals surface area contributed by atoms with E-state index in [2.05, 4.69) is 4.98 Å². The maximum atomic E-state index is 12.0. The highest BCUT2D eigenvalue weighted by Crippen LogP contribution is 2.31. The van der Waals surface area contributed by atoms with Crippen molar-refractivity contribution in [3.63, 3.8) is 0 Å². The number of pyridine rings is 1. The highest BCUT2D eigenvalue weighted by atomic mass is 16.5. The van der Waals surface area contributed by atoms with Crippen LogP contribution in [0.3, 0.4) is 0 Å². The Bertz CT molecular complexity index is 495. The highest BCUT2D eigenvalue weighted by molar-refractivity contribution is 6.02. The molecule has 0 aromatic carbocycles. The van der Waals surface area contributed by atoms with Crippen molar-refractivity contribution >= 4 is 11.8 Å². The lowest BCUT2D eigenvalue weighted by Gasteiger charge is -2.15. The Kier molecular flexibility index (Phi) is 3.18. The second kappa shape index (κ2) is 4.64. The van der Waals surface area contributed by atoms with Gasteiger partial charge in [-0.25, -0.2) is 4.98 Å². The minimum Gasteiger partial charge on any atom is -0.487 e. The van der Waals surface area contributed by atoms with Gasteiger partial charge in [0, 0.05) is 20.3 Å². The van der Waals surface area contributed by atoms with Gasteiger partial charge in [-0.1, -0.05) is 0 Å². The van der Waals surface area contributed by atoms with Crippen LogP contribution in [0.1, 0.15) is 33.7 Å². The number of aromatic nitrogens is 1. The zero-order chi connectivity index (χ0) is 13.3. The van der Waals surface area contributed by atoms with E-state index >= 15 is 0 Å². The van der Waals surface area contributed by atoms with Gasteiger partial charge in [0.1, 0.15) is 0 Å². The molecule has 1 saturated carbocycles. The second-order valence-electron chi connectivity index (χ2n) is 4.42. The minimum absolute atomic E-state index is 0.0565. The summed E-state index contributed by atoms with van der Waals surface area (Å²) in [6.45, 7) is 0. The smallest absolute Gasteiger partial charge is 0.275 e. The molecular weight excluding hydrogens is 234 g/mol. The Morgan fingerprint density at radius 3 is 2.61 bits per heavy atom. The van der Waals surface area contributed by atoms with Gasteiger partial charge >= 0.3 is 0 Å². The monoisotopic (exact) mass is 249 g/mol. The van der Waals surface area contributed by atoms with E-state index < -0.39 is 5.91 Å². The van der Waals surface area contributed by atoms with Crippen LogP contribution in [0.25, 0.3) is 0 Å². The third-order valence-corrected chi connectivity index (χ3v) is 2.59. The number of hydrogen-bond acceptors (Lipinski definition) is 4. The van der Waals surface area contributed by atoms with E-state index in [4.69, 9.17) is 10.5 Å². The molecule has 1 fully saturated rings. The molecule has 2 N–H and O–H groups in total. The number of nitrogens with two attached hydrogens (primary N) is 1. The number of carbonyl (C=O) groups is 2. The van der Waals surface area contributed by atoms with E-state index in [0.29, 0.717) is 0 Å². The van der Waals surface area contributed by atoms with Crippen molar-refractivity contribution in [2.24, 2.45) is 5.73 Å². The van der Waals surface area contributed by atoms with Crippen molar-refractivity contribution in [1.29, 1.82) is 0 Å². The fourth-order valence-corrected chi connectivity index (χ4v) is 1.48. The lowest BCUT2D eigenvalue weighted by Crippen LogP contribution is -2.25. The van der Waals surface area contributed by atoms with Crippen LogP contribution in [-0.4, -0.2) is 41.9 Å². The van der Waals surface area contributed by atoms with Crippen LogP contribution in [0.4, 0.5) is 0 Å². The van der Waals surface area contributed by atoms with Crippen LogP contribution in [0.2, 0.25) is 0 Å². The molecule has 2 rings (SSSR count). The predicted molar refractivity (Wildman–Crippen MR) is 64.4 cm³/mol. The lowest BCUT2D eigenvalue weighted by molar-refractivity contribution is 0.0816. The van der Waals surface area contributed by atoms with Crippen LogP contribution in [0, 0.1) is 0 Å². The molecule has 0 radical (unpaired) electrons. The minimum atomic E-state index is -0.624. The van der Waals surface area contributed by atoms with Gasteiger partial charge < -0.3 is 15.4 Å². The molecule has 96 valence electrons. The normalized spacial score (nSPS) is 14.1. The van der Waals surface area contributed by atoms with Crippen molar-refractivity contribution < 1.29 is 14.3 Å². The van der Waals surface area contributed by atoms with Gasteiger partial charge in [0.15, 0.2) is 11.4 Å². The number of nitrogens with zero attached hydrogens (tertiary/aromatic N) is 2. The summed E-state index contributed by atoms with van der Waals surface area (Å²) in [7, 11) is 3.23. The van der Waals surface area contributed by atoms with Gasteiger partial charge in [-0.05, 0) is 18.9 Å². The fraction of sp³-hybridized carbons (Fsp3) is 0.417. The van der Waals surface area contributed by atoms with Crippen LogP contribution in [0.5, 0.6) is 5.75 Å². The summed E-state index contributed by atoms with van der Waals surface area (Å²) < 4.78 is 5.61. The molecule has 1 aliphatic carbocycles. The maximum Gasteiger partial charge on any atom is 0.275 e. The number of primary amides is 1. The molecule has 0 atom stereocenters. The average molecular weight is 249 g/mol. The topological polar surface area (TPSA) is 85.5 Å². The van der Waals surface area contributed by atoms with Crippen molar-refractivity contribution in [2.75, 3.05) is 14.1 Å². The summed E-state index contributed by atoms with van der Waals surface area (Å²) in [6.07, 6.45) is 3.28. The molecule has 0 unspecified atom stereocenters. The Hall–Kier alpha value is -2.11. The SMILES string of the molecule is CN(C)C(=O)c1nccc(C(N)=O)c1OC1CC1. The summed E-state index contributed by atoms with van der Waals surface area (Å²) in [6, 6.07) is 1.46. The molecule has 1 aromatic rings. The first kappa shape index (κ1) is 12.3. The van der Waals surface area contributed by atoms with Crippen molar-refractivity contribution in [3.8, 4) is 5.75 Å². The quantitative estimate of drug-likeness (QED) is 0.838. The van der Waals surface area contributed by atoms with Crippen molar-refractivity contribution in [1.82, 2.24) is 9.88 Å². The van der Waals surface area contributed by atoms with Gasteiger partial charge in [0.25, 0.3) is 11.8 Å². The summed E-state index contributed by atoms with van der Waals surface area (Å²) in [5.41, 5.74) is 5.61. The predicted octanol–water partition coefficient (Wildman–Crippen LogP) is 0.424. The first-order valence-electron chi connectivity index (χ1n) is 5.68. The van der Waals surface area contributed by atoms with Crippen LogP contribution >= 0.6 is 0 Å². The summed E-state index contributed by atoms with van der Waals surface area (Å²) in [5, 5.41) is 0. The number of carbonyl (C=O) groups excluding carboxylic acids is 2. The standard InChI is InChI=1S/C12H15N3O3/c1-15(2)12(17)9-10(18-7-3-4-7)8(11(13)16)5-6-14-9/h5-7H,3-4H2,1-2H3,(H2,13,16). The van der Waals surface area contributed by atoms with E-state index in [0.717, 1.165) is 12.8 Å². The molecule has 6 nitrogen and oxygen atoms in total. The highest BCUT2D eigenvalue weighted by Gasteiger charge is 2.29. The van der Waals surface area contributed by atoms with E-state index in [1.165, 1.54) is 17.2 Å². The molecular formula is C12H15N3O3.